The van der Waals surface area contributed by atoms with Gasteiger partial charge >= 0.3 is 24.3 Å². The van der Waals surface area contributed by atoms with E-state index < -0.39 is 24.3 Å². The Balaban J connectivity index is 0.000000349. The Morgan fingerprint density at radius 1 is 1.10 bits per heavy atom. The monoisotopic (exact) mass is 597 g/mol. The van der Waals surface area contributed by atoms with E-state index in [1.807, 2.05) is 37.5 Å². The molecule has 1 spiro atoms. The van der Waals surface area contributed by atoms with Gasteiger partial charge in [0.05, 0.1) is 25.5 Å². The van der Waals surface area contributed by atoms with Crippen molar-refractivity contribution >= 4 is 17.8 Å². The van der Waals surface area contributed by atoms with Gasteiger partial charge in [-0.3, -0.25) is 9.88 Å². The number of pyridine rings is 1. The van der Waals surface area contributed by atoms with E-state index in [2.05, 4.69) is 31.5 Å². The van der Waals surface area contributed by atoms with Crippen molar-refractivity contribution < 1.29 is 55.6 Å². The number of carboxylic acids is 2. The summed E-state index contributed by atoms with van der Waals surface area (Å²) in [5.41, 5.74) is 1.93. The van der Waals surface area contributed by atoms with Crippen LogP contribution >= 0.6 is 0 Å². The second kappa shape index (κ2) is 14.9. The van der Waals surface area contributed by atoms with Crippen LogP contribution in [0.5, 0.6) is 0 Å². The first-order valence-corrected chi connectivity index (χ1v) is 12.1. The molecule has 4 heterocycles. The van der Waals surface area contributed by atoms with Crippen LogP contribution in [0.4, 0.5) is 32.2 Å². The first kappa shape index (κ1) is 33.6. The quantitative estimate of drug-likeness (QED) is 0.437. The van der Waals surface area contributed by atoms with Gasteiger partial charge in [-0.2, -0.15) is 31.4 Å². The number of aryl methyl sites for hydroxylation is 1. The largest absolute Gasteiger partial charge is 0.490 e. The summed E-state index contributed by atoms with van der Waals surface area (Å²) >= 11 is 0. The molecule has 0 radical (unpaired) electrons. The minimum absolute atomic E-state index is 0.218. The number of nitrogens with one attached hydrogen (secondary N) is 1. The van der Waals surface area contributed by atoms with Crippen molar-refractivity contribution in [1.29, 1.82) is 0 Å². The molecule has 2 aromatic rings. The lowest BCUT2D eigenvalue weighted by molar-refractivity contribution is -0.193. The van der Waals surface area contributed by atoms with Crippen LogP contribution in [0.2, 0.25) is 0 Å². The van der Waals surface area contributed by atoms with Crippen LogP contribution < -0.4 is 5.32 Å². The number of hydrogen-bond acceptors (Lipinski definition) is 9. The lowest BCUT2D eigenvalue weighted by Gasteiger charge is -2.31. The average Bonchev–Trinajstić information content (AvgIpc) is 3.18. The third-order valence-corrected chi connectivity index (χ3v) is 5.70. The van der Waals surface area contributed by atoms with Crippen molar-refractivity contribution in [1.82, 2.24) is 20.1 Å². The van der Waals surface area contributed by atoms with Crippen molar-refractivity contribution in [3.63, 3.8) is 0 Å². The molecule has 0 amide bonds. The molecule has 0 bridgehead atoms. The highest BCUT2D eigenvalue weighted by atomic mass is 19.4. The molecule has 17 heteroatoms. The van der Waals surface area contributed by atoms with E-state index >= 15 is 0 Å². The van der Waals surface area contributed by atoms with Crippen LogP contribution in [0.15, 0.2) is 36.7 Å². The van der Waals surface area contributed by atoms with Crippen LogP contribution in [0.3, 0.4) is 0 Å². The van der Waals surface area contributed by atoms with Gasteiger partial charge in [0.15, 0.2) is 0 Å². The van der Waals surface area contributed by atoms with Gasteiger partial charge < -0.3 is 25.0 Å². The minimum Gasteiger partial charge on any atom is -0.475 e. The molecule has 228 valence electrons. The fourth-order valence-corrected chi connectivity index (χ4v) is 3.89. The number of ether oxygens (including phenoxy) is 2. The third-order valence-electron chi connectivity index (χ3n) is 5.70. The fraction of sp³-hybridized carbons (Fsp3) is 0.542. The summed E-state index contributed by atoms with van der Waals surface area (Å²) < 4.78 is 75.7. The molecule has 0 aromatic carbocycles. The second-order valence-electron chi connectivity index (χ2n) is 9.24. The summed E-state index contributed by atoms with van der Waals surface area (Å²) in [5, 5.41) is 25.9. The molecule has 2 aromatic heterocycles. The number of hydrogen-bond donors (Lipinski definition) is 3. The maximum absolute atomic E-state index is 10.6. The highest BCUT2D eigenvalue weighted by Crippen LogP contribution is 2.33. The van der Waals surface area contributed by atoms with Gasteiger partial charge in [0.2, 0.25) is 0 Å². The number of carboxylic acid groups (broad SMARTS) is 2. The molecule has 2 aliphatic rings. The van der Waals surface area contributed by atoms with Crippen molar-refractivity contribution in [3.05, 3.63) is 47.9 Å². The molecule has 2 saturated heterocycles. The number of anilines is 1. The summed E-state index contributed by atoms with van der Waals surface area (Å²) in [7, 11) is 0. The van der Waals surface area contributed by atoms with Gasteiger partial charge in [-0.25, -0.2) is 9.59 Å². The van der Waals surface area contributed by atoms with Crippen molar-refractivity contribution in [2.45, 2.75) is 37.8 Å². The number of carbonyl (C=O) groups is 2. The molecule has 0 aliphatic carbocycles. The topological polar surface area (TPSA) is 147 Å². The highest BCUT2D eigenvalue weighted by molar-refractivity contribution is 5.73. The number of aromatic nitrogens is 3. The lowest BCUT2D eigenvalue weighted by atomic mass is 9.94. The molecule has 2 fully saturated rings. The van der Waals surface area contributed by atoms with Gasteiger partial charge in [-0.15, -0.1) is 5.10 Å². The van der Waals surface area contributed by atoms with E-state index in [0.29, 0.717) is 12.5 Å². The maximum Gasteiger partial charge on any atom is 0.490 e. The Morgan fingerprint density at radius 2 is 1.76 bits per heavy atom. The first-order chi connectivity index (χ1) is 19.1. The SMILES string of the molecule is Cc1ccc(NCC2COC3(COCCN(Cc4cccnc4)C3)C2)nn1.O=C(O)C(F)(F)F.O=C(O)C(F)(F)F. The van der Waals surface area contributed by atoms with Gasteiger partial charge in [0.25, 0.3) is 0 Å². The number of alkyl halides is 6. The number of aliphatic carboxylic acids is 2. The van der Waals surface area contributed by atoms with Crippen molar-refractivity contribution in [3.8, 4) is 0 Å². The van der Waals surface area contributed by atoms with Gasteiger partial charge in [-0.1, -0.05) is 6.07 Å². The zero-order valence-corrected chi connectivity index (χ0v) is 21.8. The van der Waals surface area contributed by atoms with E-state index in [-0.39, 0.29) is 5.60 Å². The van der Waals surface area contributed by atoms with E-state index in [0.717, 1.165) is 57.3 Å². The van der Waals surface area contributed by atoms with E-state index in [1.54, 1.807) is 0 Å². The van der Waals surface area contributed by atoms with E-state index in [9.17, 15) is 26.3 Å². The predicted molar refractivity (Wildman–Crippen MR) is 130 cm³/mol. The molecule has 4 rings (SSSR count). The normalized spacial score (nSPS) is 21.1. The molecule has 2 atom stereocenters. The summed E-state index contributed by atoms with van der Waals surface area (Å²) in [6.07, 6.45) is -5.43. The molecule has 11 nitrogen and oxygen atoms in total. The summed E-state index contributed by atoms with van der Waals surface area (Å²) in [6.45, 7) is 7.62. The summed E-state index contributed by atoms with van der Waals surface area (Å²) in [5.74, 6) is -4.26. The van der Waals surface area contributed by atoms with Crippen LogP contribution in [0, 0.1) is 12.8 Å². The number of nitrogens with zero attached hydrogens (tertiary/aromatic N) is 4. The van der Waals surface area contributed by atoms with Crippen molar-refractivity contribution in [2.24, 2.45) is 5.92 Å². The van der Waals surface area contributed by atoms with Gasteiger partial charge in [-0.05, 0) is 37.1 Å². The molecule has 2 unspecified atom stereocenters. The maximum atomic E-state index is 10.6. The average molecular weight is 598 g/mol. The van der Waals surface area contributed by atoms with Crippen LogP contribution in [-0.2, 0) is 25.6 Å². The predicted octanol–water partition coefficient (Wildman–Crippen LogP) is 3.17. The molecule has 3 N–H and O–H groups in total. The standard InChI is InChI=1S/C20H27N5O2.2C2HF3O2/c1-16-4-5-19(24-23-16)22-11-18-9-20(27-13-18)14-25(7-8-26-15-20)12-17-3-2-6-21-10-17;2*3-2(4,5)1(6)7/h2-6,10,18H,7-9,11-15H2,1H3,(H,22,24);2*(H,6,7). The smallest absolute Gasteiger partial charge is 0.475 e. The molecule has 2 aliphatic heterocycles. The molecule has 41 heavy (non-hydrogen) atoms. The Kier molecular flexibility index (Phi) is 12.2. The van der Waals surface area contributed by atoms with Crippen LogP contribution in [0.25, 0.3) is 0 Å². The summed E-state index contributed by atoms with van der Waals surface area (Å²) in [6, 6.07) is 8.05. The van der Waals surface area contributed by atoms with Gasteiger partial charge in [0.1, 0.15) is 11.4 Å². The zero-order chi connectivity index (χ0) is 30.7. The Hall–Kier alpha value is -3.57. The molecular formula is C24H29F6N5O6. The van der Waals surface area contributed by atoms with Crippen LogP contribution in [0.1, 0.15) is 17.7 Å². The van der Waals surface area contributed by atoms with Gasteiger partial charge in [0, 0.05) is 44.5 Å². The first-order valence-electron chi connectivity index (χ1n) is 12.1. The third kappa shape index (κ3) is 12.2. The summed E-state index contributed by atoms with van der Waals surface area (Å²) in [4.78, 5) is 24.4. The Labute approximate surface area is 230 Å². The zero-order valence-electron chi connectivity index (χ0n) is 21.8. The van der Waals surface area contributed by atoms with E-state index in [4.69, 9.17) is 29.3 Å². The molecule has 0 saturated carbocycles. The second-order valence-corrected chi connectivity index (χ2v) is 9.24. The highest BCUT2D eigenvalue weighted by Gasteiger charge is 2.43. The fourth-order valence-electron chi connectivity index (χ4n) is 3.89. The molecular weight excluding hydrogens is 568 g/mol. The Bertz CT molecular complexity index is 1080. The number of halogens is 6. The Morgan fingerprint density at radius 3 is 2.29 bits per heavy atom. The minimum atomic E-state index is -5.08. The van der Waals surface area contributed by atoms with E-state index in [1.165, 1.54) is 5.56 Å². The van der Waals surface area contributed by atoms with Crippen molar-refractivity contribution in [2.75, 3.05) is 44.8 Å². The van der Waals surface area contributed by atoms with Crippen LogP contribution in [-0.4, -0.2) is 99.6 Å². The number of rotatable bonds is 5. The lowest BCUT2D eigenvalue weighted by Crippen LogP contribution is -2.43.